The molecule has 1 rings (SSSR count). The summed E-state index contributed by atoms with van der Waals surface area (Å²) in [5, 5.41) is 8.48. The van der Waals surface area contributed by atoms with Crippen molar-refractivity contribution in [2.75, 3.05) is 0 Å². The zero-order chi connectivity index (χ0) is 13.8. The van der Waals surface area contributed by atoms with Gasteiger partial charge in [0.1, 0.15) is 0 Å². The number of aryl methyl sites for hydroxylation is 2. The van der Waals surface area contributed by atoms with Crippen LogP contribution in [0.2, 0.25) is 0 Å². The second kappa shape index (κ2) is 11.0. The number of nitrogens with zero attached hydrogens (tertiary/aromatic N) is 3. The minimum absolute atomic E-state index is 1.03. The first kappa shape index (κ1) is 16.2. The van der Waals surface area contributed by atoms with Crippen LogP contribution in [0.4, 0.5) is 0 Å². The predicted molar refractivity (Wildman–Crippen MR) is 81.2 cm³/mol. The maximum atomic E-state index is 4.26. The minimum Gasteiger partial charge on any atom is -0.252 e. The van der Waals surface area contributed by atoms with Crippen molar-refractivity contribution in [1.82, 2.24) is 15.0 Å². The second-order valence-electron chi connectivity index (χ2n) is 5.55. The molecule has 1 heterocycles. The highest BCUT2D eigenvalue weighted by atomic mass is 15.4. The van der Waals surface area contributed by atoms with Crippen molar-refractivity contribution in [3.05, 3.63) is 11.9 Å². The summed E-state index contributed by atoms with van der Waals surface area (Å²) < 4.78 is 2.02. The van der Waals surface area contributed by atoms with Gasteiger partial charge in [0.25, 0.3) is 0 Å². The van der Waals surface area contributed by atoms with Crippen molar-refractivity contribution in [2.24, 2.45) is 0 Å². The Balaban J connectivity index is 2.07. The van der Waals surface area contributed by atoms with Crippen molar-refractivity contribution in [2.45, 2.75) is 91.0 Å². The van der Waals surface area contributed by atoms with E-state index in [0.29, 0.717) is 0 Å². The first-order chi connectivity index (χ1) is 9.36. The van der Waals surface area contributed by atoms with E-state index in [4.69, 9.17) is 0 Å². The van der Waals surface area contributed by atoms with Crippen LogP contribution in [0.1, 0.15) is 83.7 Å². The number of rotatable bonds is 12. The lowest BCUT2D eigenvalue weighted by atomic mass is 10.1. The van der Waals surface area contributed by atoms with E-state index in [0.717, 1.165) is 13.0 Å². The van der Waals surface area contributed by atoms with Crippen LogP contribution in [0.3, 0.4) is 0 Å². The van der Waals surface area contributed by atoms with Crippen LogP contribution in [0.25, 0.3) is 0 Å². The summed E-state index contributed by atoms with van der Waals surface area (Å²) in [6.07, 6.45) is 16.5. The summed E-state index contributed by atoms with van der Waals surface area (Å²) in [5.41, 5.74) is 1.17. The molecule has 110 valence electrons. The highest BCUT2D eigenvalue weighted by molar-refractivity contribution is 4.92. The predicted octanol–water partition coefficient (Wildman–Crippen LogP) is 4.76. The first-order valence-electron chi connectivity index (χ1n) is 8.25. The second-order valence-corrected chi connectivity index (χ2v) is 5.55. The normalized spacial score (nSPS) is 11.1. The quantitative estimate of drug-likeness (QED) is 0.510. The summed E-state index contributed by atoms with van der Waals surface area (Å²) in [4.78, 5) is 0. The van der Waals surface area contributed by atoms with Gasteiger partial charge < -0.3 is 0 Å². The van der Waals surface area contributed by atoms with Gasteiger partial charge in [-0.1, -0.05) is 70.4 Å². The molecule has 0 aliphatic rings. The Hall–Kier alpha value is -0.860. The third-order valence-corrected chi connectivity index (χ3v) is 3.61. The van der Waals surface area contributed by atoms with E-state index < -0.39 is 0 Å². The van der Waals surface area contributed by atoms with Gasteiger partial charge in [0, 0.05) is 12.7 Å². The number of hydrogen-bond donors (Lipinski definition) is 0. The van der Waals surface area contributed by atoms with Crippen LogP contribution in [0.5, 0.6) is 0 Å². The van der Waals surface area contributed by atoms with Gasteiger partial charge in [-0.25, -0.2) is 0 Å². The molecule has 0 N–H and O–H groups in total. The molecule has 0 atom stereocenters. The molecule has 1 aromatic rings. The molecule has 0 unspecified atom stereocenters. The van der Waals surface area contributed by atoms with E-state index in [-0.39, 0.29) is 0 Å². The summed E-state index contributed by atoms with van der Waals surface area (Å²) in [6, 6.07) is 0. The Morgan fingerprint density at radius 3 is 2.16 bits per heavy atom. The number of unbranched alkanes of at least 4 members (excludes halogenated alkanes) is 8. The highest BCUT2D eigenvalue weighted by Crippen LogP contribution is 2.08. The van der Waals surface area contributed by atoms with E-state index in [2.05, 4.69) is 30.4 Å². The van der Waals surface area contributed by atoms with Crippen LogP contribution in [-0.2, 0) is 13.0 Å². The molecule has 3 nitrogen and oxygen atoms in total. The number of hydrogen-bond acceptors (Lipinski definition) is 2. The maximum absolute atomic E-state index is 4.26. The van der Waals surface area contributed by atoms with E-state index in [1.54, 1.807) is 0 Å². The standard InChI is InChI=1S/C16H31N3/c1-3-5-7-9-11-13-16-15-19(18-17-16)14-12-10-8-6-4-2/h15H,3-14H2,1-2H3. The van der Waals surface area contributed by atoms with Crippen molar-refractivity contribution in [3.63, 3.8) is 0 Å². The fraction of sp³-hybridized carbons (Fsp3) is 0.875. The monoisotopic (exact) mass is 265 g/mol. The van der Waals surface area contributed by atoms with Gasteiger partial charge in [-0.2, -0.15) is 0 Å². The molecule has 0 bridgehead atoms. The Bertz CT molecular complexity index is 278. The molecule has 19 heavy (non-hydrogen) atoms. The largest absolute Gasteiger partial charge is 0.252 e. The molecule has 0 spiro atoms. The molecule has 0 aliphatic carbocycles. The summed E-state index contributed by atoms with van der Waals surface area (Å²) >= 11 is 0. The van der Waals surface area contributed by atoms with E-state index in [1.807, 2.05) is 4.68 Å². The van der Waals surface area contributed by atoms with Crippen LogP contribution in [-0.4, -0.2) is 15.0 Å². The molecule has 0 radical (unpaired) electrons. The lowest BCUT2D eigenvalue weighted by Crippen LogP contribution is -1.98. The van der Waals surface area contributed by atoms with Crippen LogP contribution >= 0.6 is 0 Å². The topological polar surface area (TPSA) is 30.7 Å². The van der Waals surface area contributed by atoms with E-state index >= 15 is 0 Å². The van der Waals surface area contributed by atoms with Gasteiger partial charge in [0.2, 0.25) is 0 Å². The van der Waals surface area contributed by atoms with Crippen molar-refractivity contribution in [3.8, 4) is 0 Å². The van der Waals surface area contributed by atoms with Crippen molar-refractivity contribution < 1.29 is 0 Å². The Morgan fingerprint density at radius 2 is 1.47 bits per heavy atom. The van der Waals surface area contributed by atoms with Crippen molar-refractivity contribution in [1.29, 1.82) is 0 Å². The summed E-state index contributed by atoms with van der Waals surface area (Å²) in [7, 11) is 0. The molecular weight excluding hydrogens is 234 g/mol. The smallest absolute Gasteiger partial charge is 0.0827 e. The Kier molecular flexibility index (Phi) is 9.38. The van der Waals surface area contributed by atoms with Gasteiger partial charge in [0.05, 0.1) is 5.69 Å². The zero-order valence-corrected chi connectivity index (χ0v) is 12.9. The minimum atomic E-state index is 1.03. The van der Waals surface area contributed by atoms with Gasteiger partial charge in [0.15, 0.2) is 0 Å². The molecule has 0 aliphatic heterocycles. The average molecular weight is 265 g/mol. The van der Waals surface area contributed by atoms with Crippen LogP contribution in [0, 0.1) is 0 Å². The molecule has 0 saturated heterocycles. The molecule has 0 amide bonds. The third kappa shape index (κ3) is 8.02. The summed E-state index contributed by atoms with van der Waals surface area (Å²) in [6.45, 7) is 5.54. The average Bonchev–Trinajstić information content (AvgIpc) is 2.86. The first-order valence-corrected chi connectivity index (χ1v) is 8.25. The zero-order valence-electron chi connectivity index (χ0n) is 12.9. The third-order valence-electron chi connectivity index (χ3n) is 3.61. The molecular formula is C16H31N3. The highest BCUT2D eigenvalue weighted by Gasteiger charge is 2.00. The Labute approximate surface area is 118 Å². The van der Waals surface area contributed by atoms with E-state index in [1.165, 1.54) is 69.9 Å². The molecule has 1 aromatic heterocycles. The Morgan fingerprint density at radius 1 is 0.842 bits per heavy atom. The van der Waals surface area contributed by atoms with Crippen LogP contribution in [0.15, 0.2) is 6.20 Å². The molecule has 3 heteroatoms. The van der Waals surface area contributed by atoms with Crippen molar-refractivity contribution >= 4 is 0 Å². The van der Waals surface area contributed by atoms with Gasteiger partial charge in [-0.05, 0) is 19.3 Å². The molecule has 0 fully saturated rings. The molecule has 0 saturated carbocycles. The SMILES string of the molecule is CCCCCCCc1cn(CCCCCCC)nn1. The number of aromatic nitrogens is 3. The van der Waals surface area contributed by atoms with Gasteiger partial charge in [-0.15, -0.1) is 5.10 Å². The van der Waals surface area contributed by atoms with Crippen LogP contribution < -0.4 is 0 Å². The lowest BCUT2D eigenvalue weighted by Gasteiger charge is -2.00. The van der Waals surface area contributed by atoms with E-state index in [9.17, 15) is 0 Å². The lowest BCUT2D eigenvalue weighted by molar-refractivity contribution is 0.521. The fourth-order valence-corrected chi connectivity index (χ4v) is 2.35. The maximum Gasteiger partial charge on any atom is 0.0827 e. The van der Waals surface area contributed by atoms with Gasteiger partial charge in [-0.3, -0.25) is 4.68 Å². The van der Waals surface area contributed by atoms with Gasteiger partial charge >= 0.3 is 0 Å². The fourth-order valence-electron chi connectivity index (χ4n) is 2.35. The molecule has 0 aromatic carbocycles. The summed E-state index contributed by atoms with van der Waals surface area (Å²) in [5.74, 6) is 0.